The number of carboxylic acids is 1. The normalized spacial score (nSPS) is 12.0. The number of hydrogen-bond acceptors (Lipinski definition) is 1. The molecule has 1 N–H and O–H groups in total. The summed E-state index contributed by atoms with van der Waals surface area (Å²) >= 11 is 0. The molecule has 0 fully saturated rings. The van der Waals surface area contributed by atoms with Gasteiger partial charge in [0.15, 0.2) is 0 Å². The Labute approximate surface area is 113 Å². The average Bonchev–Trinajstić information content (AvgIpc) is 2.71. The van der Waals surface area contributed by atoms with Gasteiger partial charge in [0, 0.05) is 24.3 Å². The molecule has 1 aromatic heterocycles. The van der Waals surface area contributed by atoms with Crippen LogP contribution in [0.25, 0.3) is 10.9 Å². The van der Waals surface area contributed by atoms with Crippen LogP contribution in [-0.2, 0) is 17.8 Å². The lowest BCUT2D eigenvalue weighted by atomic mass is 10.0. The highest BCUT2D eigenvalue weighted by atomic mass is 16.4. The van der Waals surface area contributed by atoms with Gasteiger partial charge in [-0.25, -0.2) is 4.79 Å². The molecule has 19 heavy (non-hydrogen) atoms. The predicted octanol–water partition coefficient (Wildman–Crippen LogP) is 3.62. The summed E-state index contributed by atoms with van der Waals surface area (Å²) in [6.07, 6.45) is 5.18. The van der Waals surface area contributed by atoms with Crippen molar-refractivity contribution in [1.82, 2.24) is 4.57 Å². The van der Waals surface area contributed by atoms with Crippen LogP contribution in [0.4, 0.5) is 0 Å². The SMILES string of the molecule is CCCn1ccc2cc(CC(C)=CC(=O)O)ccc21. The number of fused-ring (bicyclic) bond motifs is 1. The standard InChI is InChI=1S/C16H19NO2/c1-3-7-17-8-6-14-11-13(4-5-15(14)17)9-12(2)10-16(18)19/h4-6,8,10-11H,3,7,9H2,1-2H3,(H,18,19). The van der Waals surface area contributed by atoms with Gasteiger partial charge in [-0.05, 0) is 48.9 Å². The van der Waals surface area contributed by atoms with E-state index < -0.39 is 5.97 Å². The van der Waals surface area contributed by atoms with Crippen molar-refractivity contribution in [2.75, 3.05) is 0 Å². The van der Waals surface area contributed by atoms with Gasteiger partial charge in [-0.3, -0.25) is 0 Å². The topological polar surface area (TPSA) is 42.2 Å². The number of nitrogens with zero attached hydrogens (tertiary/aromatic N) is 1. The van der Waals surface area contributed by atoms with Gasteiger partial charge in [-0.15, -0.1) is 0 Å². The third kappa shape index (κ3) is 3.25. The van der Waals surface area contributed by atoms with E-state index >= 15 is 0 Å². The average molecular weight is 257 g/mol. The van der Waals surface area contributed by atoms with E-state index in [4.69, 9.17) is 5.11 Å². The lowest BCUT2D eigenvalue weighted by Gasteiger charge is -2.05. The lowest BCUT2D eigenvalue weighted by Crippen LogP contribution is -1.95. The van der Waals surface area contributed by atoms with Crippen molar-refractivity contribution in [2.45, 2.75) is 33.2 Å². The fourth-order valence-electron chi connectivity index (χ4n) is 2.38. The summed E-state index contributed by atoms with van der Waals surface area (Å²) in [5, 5.41) is 9.93. The lowest BCUT2D eigenvalue weighted by molar-refractivity contribution is -0.131. The Morgan fingerprint density at radius 3 is 2.84 bits per heavy atom. The van der Waals surface area contributed by atoms with Crippen LogP contribution in [-0.4, -0.2) is 15.6 Å². The first-order valence-corrected chi connectivity index (χ1v) is 6.58. The molecule has 0 unspecified atom stereocenters. The van der Waals surface area contributed by atoms with Gasteiger partial charge in [0.25, 0.3) is 0 Å². The number of allylic oxidation sites excluding steroid dienone is 1. The second kappa shape index (κ2) is 5.74. The van der Waals surface area contributed by atoms with Crippen LogP contribution in [0.5, 0.6) is 0 Å². The Balaban J connectivity index is 2.25. The van der Waals surface area contributed by atoms with Gasteiger partial charge in [0.05, 0.1) is 0 Å². The van der Waals surface area contributed by atoms with Crippen molar-refractivity contribution in [2.24, 2.45) is 0 Å². The summed E-state index contributed by atoms with van der Waals surface area (Å²) in [4.78, 5) is 10.6. The summed E-state index contributed by atoms with van der Waals surface area (Å²) in [5.41, 5.74) is 3.25. The highest BCUT2D eigenvalue weighted by molar-refractivity contribution is 5.82. The highest BCUT2D eigenvalue weighted by Crippen LogP contribution is 2.19. The van der Waals surface area contributed by atoms with Gasteiger partial charge >= 0.3 is 5.97 Å². The van der Waals surface area contributed by atoms with Crippen LogP contribution in [0.3, 0.4) is 0 Å². The van der Waals surface area contributed by atoms with Gasteiger partial charge < -0.3 is 9.67 Å². The quantitative estimate of drug-likeness (QED) is 0.831. The van der Waals surface area contributed by atoms with E-state index in [0.717, 1.165) is 24.1 Å². The van der Waals surface area contributed by atoms with E-state index in [1.54, 1.807) is 0 Å². The second-order valence-corrected chi connectivity index (χ2v) is 4.91. The predicted molar refractivity (Wildman–Crippen MR) is 77.3 cm³/mol. The molecule has 3 nitrogen and oxygen atoms in total. The number of carboxylic acid groups (broad SMARTS) is 1. The van der Waals surface area contributed by atoms with Crippen LogP contribution >= 0.6 is 0 Å². The molecule has 1 heterocycles. The molecule has 1 aromatic carbocycles. The number of aryl methyl sites for hydroxylation is 1. The molecule has 0 aliphatic heterocycles. The molecule has 2 rings (SSSR count). The minimum Gasteiger partial charge on any atom is -0.478 e. The second-order valence-electron chi connectivity index (χ2n) is 4.91. The minimum atomic E-state index is -0.882. The molecular formula is C16H19NO2. The molecule has 0 aliphatic carbocycles. The zero-order valence-corrected chi connectivity index (χ0v) is 11.4. The Morgan fingerprint density at radius 2 is 2.16 bits per heavy atom. The highest BCUT2D eigenvalue weighted by Gasteiger charge is 2.03. The Kier molecular flexibility index (Phi) is 4.05. The molecule has 0 bridgehead atoms. The minimum absolute atomic E-state index is 0.682. The fraction of sp³-hybridized carbons (Fsp3) is 0.312. The number of benzene rings is 1. The summed E-state index contributed by atoms with van der Waals surface area (Å²) < 4.78 is 2.25. The zero-order chi connectivity index (χ0) is 13.8. The van der Waals surface area contributed by atoms with Crippen LogP contribution in [0.15, 0.2) is 42.1 Å². The van der Waals surface area contributed by atoms with E-state index in [2.05, 4.69) is 42.0 Å². The molecule has 3 heteroatoms. The molecule has 100 valence electrons. The van der Waals surface area contributed by atoms with E-state index in [0.29, 0.717) is 6.42 Å². The van der Waals surface area contributed by atoms with Gasteiger partial charge in [0.1, 0.15) is 0 Å². The first-order chi connectivity index (χ1) is 9.10. The van der Waals surface area contributed by atoms with E-state index in [-0.39, 0.29) is 0 Å². The van der Waals surface area contributed by atoms with Crippen molar-refractivity contribution in [3.05, 3.63) is 47.7 Å². The Bertz CT molecular complexity index is 623. The first-order valence-electron chi connectivity index (χ1n) is 6.58. The Hall–Kier alpha value is -2.03. The van der Waals surface area contributed by atoms with Crippen molar-refractivity contribution in [3.63, 3.8) is 0 Å². The maximum absolute atomic E-state index is 10.6. The number of hydrogen-bond donors (Lipinski definition) is 1. The fourth-order valence-corrected chi connectivity index (χ4v) is 2.38. The van der Waals surface area contributed by atoms with E-state index in [1.165, 1.54) is 17.0 Å². The number of aromatic nitrogens is 1. The molecular weight excluding hydrogens is 238 g/mol. The molecule has 0 spiro atoms. The summed E-state index contributed by atoms with van der Waals surface area (Å²) in [7, 11) is 0. The third-order valence-electron chi connectivity index (χ3n) is 3.15. The number of rotatable bonds is 5. The Morgan fingerprint density at radius 1 is 1.37 bits per heavy atom. The van der Waals surface area contributed by atoms with E-state index in [1.807, 2.05) is 6.92 Å². The van der Waals surface area contributed by atoms with Crippen molar-refractivity contribution >= 4 is 16.9 Å². The third-order valence-corrected chi connectivity index (χ3v) is 3.15. The molecule has 2 aromatic rings. The van der Waals surface area contributed by atoms with E-state index in [9.17, 15) is 4.79 Å². The van der Waals surface area contributed by atoms with Crippen LogP contribution in [0.2, 0.25) is 0 Å². The molecule has 0 radical (unpaired) electrons. The number of aliphatic carboxylic acids is 1. The van der Waals surface area contributed by atoms with Crippen LogP contribution in [0, 0.1) is 0 Å². The van der Waals surface area contributed by atoms with Gasteiger partial charge in [-0.2, -0.15) is 0 Å². The zero-order valence-electron chi connectivity index (χ0n) is 11.4. The molecule has 0 saturated carbocycles. The summed E-state index contributed by atoms with van der Waals surface area (Å²) in [6, 6.07) is 8.45. The van der Waals surface area contributed by atoms with Crippen molar-refractivity contribution < 1.29 is 9.90 Å². The summed E-state index contributed by atoms with van der Waals surface area (Å²) in [6.45, 7) is 5.04. The monoisotopic (exact) mass is 257 g/mol. The number of carbonyl (C=O) groups is 1. The van der Waals surface area contributed by atoms with Gasteiger partial charge in [-0.1, -0.05) is 18.6 Å². The van der Waals surface area contributed by atoms with Crippen LogP contribution in [0.1, 0.15) is 25.8 Å². The molecule has 0 atom stereocenters. The first kappa shape index (κ1) is 13.4. The maximum atomic E-state index is 10.6. The van der Waals surface area contributed by atoms with Crippen molar-refractivity contribution in [1.29, 1.82) is 0 Å². The molecule has 0 aliphatic rings. The summed E-state index contributed by atoms with van der Waals surface area (Å²) in [5.74, 6) is -0.882. The maximum Gasteiger partial charge on any atom is 0.328 e. The largest absolute Gasteiger partial charge is 0.478 e. The van der Waals surface area contributed by atoms with Crippen LogP contribution < -0.4 is 0 Å². The molecule has 0 amide bonds. The van der Waals surface area contributed by atoms with Crippen molar-refractivity contribution in [3.8, 4) is 0 Å². The smallest absolute Gasteiger partial charge is 0.328 e. The molecule has 0 saturated heterocycles. The van der Waals surface area contributed by atoms with Gasteiger partial charge in [0.2, 0.25) is 0 Å².